The number of ether oxygens (including phenoxy) is 5. The van der Waals surface area contributed by atoms with E-state index >= 15 is 0 Å². The van der Waals surface area contributed by atoms with Crippen LogP contribution in [0.1, 0.15) is 88.6 Å². The van der Waals surface area contributed by atoms with Gasteiger partial charge in [0.2, 0.25) is 5.79 Å². The summed E-state index contributed by atoms with van der Waals surface area (Å²) in [7, 11) is -4.07. The van der Waals surface area contributed by atoms with Gasteiger partial charge in [-0.2, -0.15) is 0 Å². The zero-order valence-corrected chi connectivity index (χ0v) is 44.4. The number of rotatable bonds is 14. The minimum Gasteiger partial charge on any atom is -0.490 e. The Labute approximate surface area is 422 Å². The van der Waals surface area contributed by atoms with Crippen molar-refractivity contribution in [1.82, 2.24) is 0 Å². The third-order valence-electron chi connectivity index (χ3n) is 13.5. The van der Waals surface area contributed by atoms with E-state index in [1.54, 1.807) is 0 Å². The van der Waals surface area contributed by atoms with Crippen LogP contribution < -0.4 is 9.47 Å². The van der Waals surface area contributed by atoms with E-state index in [0.29, 0.717) is 33.9 Å². The summed E-state index contributed by atoms with van der Waals surface area (Å²) in [6.45, 7) is 20.8. The second-order valence-corrected chi connectivity index (χ2v) is 32.1. The molecular formula is C54H75BrCl2O8Si2. The van der Waals surface area contributed by atoms with E-state index < -0.39 is 28.5 Å². The highest BCUT2D eigenvalue weighted by atomic mass is 79.9. The SMILES string of the molecule is C.C.CC[C@H]1OC(O)(c2ccc(Cl)c(Cc3ccc(OC4CC5(COC5)C4)cc3)c2)[C@H](O[Si](C)(C)C)[C@@H](O[Si](C)(C)C)[C@@H]1C.Clc1ccc(Br)cc1Cc1ccc(OC2CC3(COC3)C2)cc1. The van der Waals surface area contributed by atoms with Crippen LogP contribution in [0.4, 0.5) is 0 Å². The number of aliphatic hydroxyl groups is 1. The number of hydrogen-bond donors (Lipinski definition) is 1. The summed E-state index contributed by atoms with van der Waals surface area (Å²) in [6.07, 6.45) is 6.12. The van der Waals surface area contributed by atoms with Gasteiger partial charge in [0.15, 0.2) is 16.6 Å². The summed E-state index contributed by atoms with van der Waals surface area (Å²) in [4.78, 5) is 0. The molecule has 4 aromatic rings. The van der Waals surface area contributed by atoms with Gasteiger partial charge in [-0.05, 0) is 161 Å². The van der Waals surface area contributed by atoms with Gasteiger partial charge in [-0.1, -0.05) is 98.2 Å². The Morgan fingerprint density at radius 3 is 1.52 bits per heavy atom. The predicted molar refractivity (Wildman–Crippen MR) is 281 cm³/mol. The van der Waals surface area contributed by atoms with Crippen LogP contribution in [-0.2, 0) is 41.7 Å². The highest BCUT2D eigenvalue weighted by Gasteiger charge is 2.57. The van der Waals surface area contributed by atoms with E-state index in [1.165, 1.54) is 5.56 Å². The van der Waals surface area contributed by atoms with Crippen LogP contribution in [0.3, 0.4) is 0 Å². The van der Waals surface area contributed by atoms with Crippen LogP contribution in [0.25, 0.3) is 0 Å². The molecule has 0 radical (unpaired) electrons. The topological polar surface area (TPSA) is 84.8 Å². The van der Waals surface area contributed by atoms with Crippen LogP contribution in [0.2, 0.25) is 49.3 Å². The molecule has 13 heteroatoms. The minimum atomic E-state index is -2.10. The lowest BCUT2D eigenvalue weighted by Gasteiger charge is -2.53. The van der Waals surface area contributed by atoms with Crippen molar-refractivity contribution < 1.29 is 37.6 Å². The maximum Gasteiger partial charge on any atom is 0.221 e. The predicted octanol–water partition coefficient (Wildman–Crippen LogP) is 14.0. The smallest absolute Gasteiger partial charge is 0.221 e. The fourth-order valence-corrected chi connectivity index (χ4v) is 12.9. The molecule has 5 fully saturated rings. The number of benzene rings is 4. The second kappa shape index (κ2) is 21.6. The molecule has 5 atom stereocenters. The summed E-state index contributed by atoms with van der Waals surface area (Å²) in [5.41, 5.74) is 5.88. The highest BCUT2D eigenvalue weighted by Crippen LogP contribution is 2.50. The fraction of sp³-hybridized carbons (Fsp3) is 0.556. The molecular weight excluding hydrogens is 984 g/mol. The lowest BCUT2D eigenvalue weighted by molar-refractivity contribution is -0.339. The maximum atomic E-state index is 12.5. The van der Waals surface area contributed by atoms with Crippen molar-refractivity contribution in [1.29, 1.82) is 0 Å². The number of halogens is 3. The molecule has 2 spiro atoms. The van der Waals surface area contributed by atoms with E-state index in [2.05, 4.69) is 112 Å². The molecule has 0 amide bonds. The van der Waals surface area contributed by atoms with E-state index in [9.17, 15) is 5.11 Å². The summed E-state index contributed by atoms with van der Waals surface area (Å²) < 4.78 is 44.1. The molecule has 0 bridgehead atoms. The van der Waals surface area contributed by atoms with Crippen LogP contribution >= 0.6 is 39.1 Å². The van der Waals surface area contributed by atoms with E-state index in [0.717, 1.165) is 103 Å². The molecule has 368 valence electrons. The van der Waals surface area contributed by atoms with Crippen molar-refractivity contribution in [2.75, 3.05) is 26.4 Å². The first-order valence-corrected chi connectivity index (χ1v) is 31.7. The average molecular weight is 1060 g/mol. The Morgan fingerprint density at radius 1 is 0.657 bits per heavy atom. The maximum absolute atomic E-state index is 12.5. The zero-order chi connectivity index (χ0) is 46.4. The van der Waals surface area contributed by atoms with Crippen LogP contribution in [-0.4, -0.2) is 78.7 Å². The molecule has 9 rings (SSSR count). The molecule has 4 aromatic carbocycles. The zero-order valence-electron chi connectivity index (χ0n) is 39.3. The van der Waals surface area contributed by atoms with Gasteiger partial charge in [-0.15, -0.1) is 0 Å². The lowest BCUT2D eigenvalue weighted by atomic mass is 9.65. The third kappa shape index (κ3) is 13.0. The Balaban J connectivity index is 0.000000250. The summed E-state index contributed by atoms with van der Waals surface area (Å²) in [5, 5.41) is 13.9. The molecule has 8 nitrogen and oxygen atoms in total. The first-order valence-electron chi connectivity index (χ1n) is 23.4. The van der Waals surface area contributed by atoms with Crippen LogP contribution in [0, 0.1) is 16.7 Å². The molecule has 3 aliphatic heterocycles. The van der Waals surface area contributed by atoms with Crippen molar-refractivity contribution in [2.24, 2.45) is 16.7 Å². The van der Waals surface area contributed by atoms with Crippen molar-refractivity contribution in [3.63, 3.8) is 0 Å². The van der Waals surface area contributed by atoms with Gasteiger partial charge in [0, 0.05) is 36.8 Å². The van der Waals surface area contributed by atoms with Crippen molar-refractivity contribution in [2.45, 2.75) is 149 Å². The molecule has 1 unspecified atom stereocenters. The van der Waals surface area contributed by atoms with E-state index in [4.69, 9.17) is 55.7 Å². The molecule has 2 saturated carbocycles. The van der Waals surface area contributed by atoms with Gasteiger partial charge in [0.25, 0.3) is 0 Å². The monoisotopic (exact) mass is 1060 g/mol. The van der Waals surface area contributed by atoms with Gasteiger partial charge < -0.3 is 37.6 Å². The minimum absolute atomic E-state index is 0. The summed E-state index contributed by atoms with van der Waals surface area (Å²) >= 11 is 16.5. The molecule has 0 aromatic heterocycles. The van der Waals surface area contributed by atoms with Gasteiger partial charge in [0.05, 0.1) is 38.6 Å². The number of hydrogen-bond acceptors (Lipinski definition) is 8. The van der Waals surface area contributed by atoms with Gasteiger partial charge in [-0.3, -0.25) is 0 Å². The standard InChI is InChI=1S/C33H49ClO6Si2.C19H18BrClO2.2CH4/c1-9-29-22(2)30(39-41(3,4)5)31(40-42(6,7)8)33(35,38-29)25-12-15-28(34)24(17-25)16-23-10-13-26(14-11-23)37-27-18-32(19-27)20-36-21-32;20-15-3-6-18(21)14(8-15)7-13-1-4-16(5-2-13)23-17-9-19(10-17)11-22-12-19;;/h10-15,17,22,27,29-31,35H,9,16,18-21H2,1-8H3;1-6,8,17H,7,9-12H2;2*1H4/t22-,29-,30+,31-,33?;;;/m1.../s1. The molecule has 67 heavy (non-hydrogen) atoms. The first-order chi connectivity index (χ1) is 30.7. The second-order valence-electron chi connectivity index (χ2n) is 21.4. The Morgan fingerprint density at radius 2 is 1.10 bits per heavy atom. The molecule has 3 heterocycles. The average Bonchev–Trinajstić information content (AvgIpc) is 3.18. The first kappa shape index (κ1) is 54.1. The molecule has 2 aliphatic carbocycles. The molecule has 1 N–H and O–H groups in total. The Bertz CT molecular complexity index is 2240. The molecule has 5 aliphatic rings. The van der Waals surface area contributed by atoms with E-state index in [-0.39, 0.29) is 39.1 Å². The van der Waals surface area contributed by atoms with Crippen molar-refractivity contribution in [3.05, 3.63) is 127 Å². The van der Waals surface area contributed by atoms with Gasteiger partial charge in [0.1, 0.15) is 29.8 Å². The summed E-state index contributed by atoms with van der Waals surface area (Å²) in [6, 6.07) is 28.3. The quantitative estimate of drug-likeness (QED) is 0.125. The van der Waals surface area contributed by atoms with E-state index in [1.807, 2.05) is 42.5 Å². The van der Waals surface area contributed by atoms with Crippen LogP contribution in [0.15, 0.2) is 89.4 Å². The van der Waals surface area contributed by atoms with Crippen molar-refractivity contribution in [3.8, 4) is 11.5 Å². The summed E-state index contributed by atoms with van der Waals surface area (Å²) in [5.74, 6) is 0.251. The lowest BCUT2D eigenvalue weighted by Crippen LogP contribution is -2.64. The third-order valence-corrected chi connectivity index (χ3v) is 16.6. The van der Waals surface area contributed by atoms with Gasteiger partial charge in [-0.25, -0.2) is 0 Å². The van der Waals surface area contributed by atoms with Gasteiger partial charge >= 0.3 is 0 Å². The largest absolute Gasteiger partial charge is 0.490 e. The fourth-order valence-electron chi connectivity index (χ4n) is 9.95. The van der Waals surface area contributed by atoms with Crippen LogP contribution in [0.5, 0.6) is 11.5 Å². The molecule has 3 saturated heterocycles. The Hall–Kier alpha value is -2.27. The Kier molecular flexibility index (Phi) is 17.4. The highest BCUT2D eigenvalue weighted by molar-refractivity contribution is 9.10. The van der Waals surface area contributed by atoms with Crippen molar-refractivity contribution >= 4 is 55.8 Å². The normalized spacial score (nSPS) is 26.0.